The molecule has 0 saturated carbocycles. The fraction of sp³-hybridized carbons (Fsp3) is 0.0833. The Morgan fingerprint density at radius 1 is 1.19 bits per heavy atom. The maximum absolute atomic E-state index is 13.7. The van der Waals surface area contributed by atoms with E-state index >= 15 is 0 Å². The number of halogens is 1. The zero-order valence-electron chi connectivity index (χ0n) is 10.9. The molecule has 1 N–H and O–H groups in total. The molecule has 0 radical (unpaired) electrons. The first kappa shape index (κ1) is 13.4. The van der Waals surface area contributed by atoms with Gasteiger partial charge in [-0.25, -0.2) is 9.37 Å². The summed E-state index contributed by atoms with van der Waals surface area (Å²) >= 11 is 1.12. The highest BCUT2D eigenvalue weighted by atomic mass is 32.2. The van der Waals surface area contributed by atoms with Crippen molar-refractivity contribution in [3.8, 4) is 5.95 Å². The van der Waals surface area contributed by atoms with Crippen molar-refractivity contribution in [2.24, 2.45) is 0 Å². The molecule has 3 aromatic rings. The van der Waals surface area contributed by atoms with Crippen LogP contribution < -0.4 is 5.32 Å². The lowest BCUT2D eigenvalue weighted by Crippen LogP contribution is -2.07. The second-order valence-corrected chi connectivity index (χ2v) is 4.87. The Hall–Kier alpha value is -2.55. The third-order valence-electron chi connectivity index (χ3n) is 2.49. The molecule has 0 atom stereocenters. The SMILES string of the molecule is CNc1nc(Sc2ccccc2F)nc(-n2cncn2)n1. The van der Waals surface area contributed by atoms with Crippen molar-refractivity contribution >= 4 is 17.7 Å². The summed E-state index contributed by atoms with van der Waals surface area (Å²) in [6.45, 7) is 0. The first-order chi connectivity index (χ1) is 10.3. The molecule has 0 aliphatic rings. The Balaban J connectivity index is 1.99. The number of nitrogens with one attached hydrogen (secondary N) is 1. The lowest BCUT2D eigenvalue weighted by atomic mass is 10.4. The van der Waals surface area contributed by atoms with Crippen molar-refractivity contribution < 1.29 is 4.39 Å². The lowest BCUT2D eigenvalue weighted by molar-refractivity contribution is 0.601. The number of hydrogen-bond acceptors (Lipinski definition) is 7. The minimum Gasteiger partial charge on any atom is -0.357 e. The van der Waals surface area contributed by atoms with E-state index in [4.69, 9.17) is 0 Å². The van der Waals surface area contributed by atoms with Gasteiger partial charge in [0.25, 0.3) is 5.95 Å². The van der Waals surface area contributed by atoms with Crippen LogP contribution >= 0.6 is 11.8 Å². The number of aromatic nitrogens is 6. The van der Waals surface area contributed by atoms with Gasteiger partial charge in [0.2, 0.25) is 5.95 Å². The largest absolute Gasteiger partial charge is 0.357 e. The highest BCUT2D eigenvalue weighted by Gasteiger charge is 2.11. The summed E-state index contributed by atoms with van der Waals surface area (Å²) in [4.78, 5) is 16.9. The van der Waals surface area contributed by atoms with Crippen LogP contribution in [0, 0.1) is 5.82 Å². The molecule has 0 saturated heterocycles. The summed E-state index contributed by atoms with van der Waals surface area (Å²) in [5, 5.41) is 7.17. The zero-order valence-corrected chi connectivity index (χ0v) is 11.8. The zero-order chi connectivity index (χ0) is 14.7. The first-order valence-corrected chi connectivity index (χ1v) is 6.79. The van der Waals surface area contributed by atoms with Gasteiger partial charge in [-0.2, -0.15) is 24.7 Å². The fourth-order valence-electron chi connectivity index (χ4n) is 1.54. The van der Waals surface area contributed by atoms with Crippen LogP contribution in [-0.4, -0.2) is 36.8 Å². The average molecular weight is 303 g/mol. The monoisotopic (exact) mass is 303 g/mol. The number of rotatable bonds is 4. The van der Waals surface area contributed by atoms with Crippen LogP contribution in [0.4, 0.5) is 10.3 Å². The van der Waals surface area contributed by atoms with E-state index in [2.05, 4.69) is 30.4 Å². The second kappa shape index (κ2) is 5.83. The molecule has 0 bridgehead atoms. The molecular weight excluding hydrogens is 293 g/mol. The predicted molar refractivity (Wildman–Crippen MR) is 74.8 cm³/mol. The van der Waals surface area contributed by atoms with Gasteiger partial charge in [0.1, 0.15) is 18.5 Å². The molecule has 3 rings (SSSR count). The molecule has 0 fully saturated rings. The molecule has 0 spiro atoms. The van der Waals surface area contributed by atoms with Gasteiger partial charge in [0, 0.05) is 7.05 Å². The van der Waals surface area contributed by atoms with Gasteiger partial charge in [-0.15, -0.1) is 0 Å². The maximum atomic E-state index is 13.7. The summed E-state index contributed by atoms with van der Waals surface area (Å²) in [5.74, 6) is 0.358. The second-order valence-electron chi connectivity index (χ2n) is 3.86. The van der Waals surface area contributed by atoms with Crippen LogP contribution in [0.5, 0.6) is 0 Å². The van der Waals surface area contributed by atoms with Crippen molar-refractivity contribution in [3.63, 3.8) is 0 Å². The Morgan fingerprint density at radius 2 is 2.05 bits per heavy atom. The summed E-state index contributed by atoms with van der Waals surface area (Å²) < 4.78 is 15.1. The molecular formula is C12H10FN7S. The number of hydrogen-bond donors (Lipinski definition) is 1. The predicted octanol–water partition coefficient (Wildman–Crippen LogP) is 1.78. The van der Waals surface area contributed by atoms with E-state index in [9.17, 15) is 4.39 Å². The molecule has 1 aromatic carbocycles. The Kier molecular flexibility index (Phi) is 3.73. The number of benzene rings is 1. The van der Waals surface area contributed by atoms with Crippen molar-refractivity contribution in [2.75, 3.05) is 12.4 Å². The Labute approximate surface area is 123 Å². The highest BCUT2D eigenvalue weighted by molar-refractivity contribution is 7.99. The molecule has 2 heterocycles. The van der Waals surface area contributed by atoms with Gasteiger partial charge < -0.3 is 5.32 Å². The van der Waals surface area contributed by atoms with E-state index in [-0.39, 0.29) is 5.82 Å². The lowest BCUT2D eigenvalue weighted by Gasteiger charge is -2.06. The van der Waals surface area contributed by atoms with Crippen LogP contribution in [0.3, 0.4) is 0 Å². The van der Waals surface area contributed by atoms with Crippen molar-refractivity contribution in [1.29, 1.82) is 0 Å². The van der Waals surface area contributed by atoms with Gasteiger partial charge in [-0.05, 0) is 23.9 Å². The summed E-state index contributed by atoms with van der Waals surface area (Å²) in [6, 6.07) is 6.44. The maximum Gasteiger partial charge on any atom is 0.257 e. The van der Waals surface area contributed by atoms with Crippen LogP contribution in [0.15, 0.2) is 47.0 Å². The molecule has 0 aliphatic heterocycles. The van der Waals surface area contributed by atoms with Crippen LogP contribution in [-0.2, 0) is 0 Å². The standard InChI is InChI=1S/C12H10FN7S/c1-14-10-17-11(20-7-15-6-16-20)19-12(18-10)21-9-5-3-2-4-8(9)13/h2-7H,1H3,(H,14,17,18,19). The van der Waals surface area contributed by atoms with Crippen molar-refractivity contribution in [1.82, 2.24) is 29.7 Å². The molecule has 7 nitrogen and oxygen atoms in total. The minimum absolute atomic E-state index is 0.311. The third kappa shape index (κ3) is 2.97. The average Bonchev–Trinajstić information content (AvgIpc) is 3.04. The van der Waals surface area contributed by atoms with E-state index in [1.54, 1.807) is 25.2 Å². The summed E-state index contributed by atoms with van der Waals surface area (Å²) in [6.07, 6.45) is 2.86. The molecule has 106 valence electrons. The highest BCUT2D eigenvalue weighted by Crippen LogP contribution is 2.27. The number of nitrogens with zero attached hydrogens (tertiary/aromatic N) is 6. The molecule has 0 aliphatic carbocycles. The van der Waals surface area contributed by atoms with Gasteiger partial charge >= 0.3 is 0 Å². The van der Waals surface area contributed by atoms with Gasteiger partial charge in [0.05, 0.1) is 4.90 Å². The van der Waals surface area contributed by atoms with Crippen molar-refractivity contribution in [2.45, 2.75) is 10.1 Å². The van der Waals surface area contributed by atoms with E-state index in [0.29, 0.717) is 21.9 Å². The fourth-order valence-corrected chi connectivity index (χ4v) is 2.31. The van der Waals surface area contributed by atoms with Gasteiger partial charge in [0.15, 0.2) is 5.16 Å². The third-order valence-corrected chi connectivity index (χ3v) is 3.40. The van der Waals surface area contributed by atoms with E-state index in [1.807, 2.05) is 0 Å². The normalized spacial score (nSPS) is 10.6. The quantitative estimate of drug-likeness (QED) is 0.786. The van der Waals surface area contributed by atoms with E-state index in [0.717, 1.165) is 11.8 Å². The summed E-state index contributed by atoms with van der Waals surface area (Å²) in [7, 11) is 1.69. The van der Waals surface area contributed by atoms with E-state index in [1.165, 1.54) is 23.4 Å². The van der Waals surface area contributed by atoms with Crippen LogP contribution in [0.25, 0.3) is 5.95 Å². The van der Waals surface area contributed by atoms with Crippen LogP contribution in [0.2, 0.25) is 0 Å². The number of anilines is 1. The molecule has 2 aromatic heterocycles. The van der Waals surface area contributed by atoms with Gasteiger partial charge in [-0.1, -0.05) is 12.1 Å². The molecule has 9 heteroatoms. The first-order valence-electron chi connectivity index (χ1n) is 5.97. The topological polar surface area (TPSA) is 81.4 Å². The molecule has 21 heavy (non-hydrogen) atoms. The summed E-state index contributed by atoms with van der Waals surface area (Å²) in [5.41, 5.74) is 0. The van der Waals surface area contributed by atoms with E-state index < -0.39 is 0 Å². The van der Waals surface area contributed by atoms with Crippen LogP contribution in [0.1, 0.15) is 0 Å². The molecule has 0 unspecified atom stereocenters. The van der Waals surface area contributed by atoms with Gasteiger partial charge in [-0.3, -0.25) is 0 Å². The van der Waals surface area contributed by atoms with Crippen molar-refractivity contribution in [3.05, 3.63) is 42.7 Å². The Bertz CT molecular complexity index is 747. The molecule has 0 amide bonds. The Morgan fingerprint density at radius 3 is 2.76 bits per heavy atom. The minimum atomic E-state index is -0.323. The smallest absolute Gasteiger partial charge is 0.257 e.